The fourth-order valence-electron chi connectivity index (χ4n) is 2.70. The highest BCUT2D eigenvalue weighted by Crippen LogP contribution is 2.12. The van der Waals surface area contributed by atoms with Crippen molar-refractivity contribution in [2.24, 2.45) is 0 Å². The molecule has 2 unspecified atom stereocenters. The van der Waals surface area contributed by atoms with E-state index in [4.69, 9.17) is 0 Å². The molecule has 1 rings (SSSR count). The lowest BCUT2D eigenvalue weighted by atomic mass is 10.1. The third-order valence-corrected chi connectivity index (χ3v) is 3.85. The number of likely N-dealkylation sites (N-methyl/N-ethyl adjacent to an activating group) is 1. The molecule has 2 atom stereocenters. The van der Waals surface area contributed by atoms with Crippen molar-refractivity contribution in [1.29, 1.82) is 0 Å². The molecule has 2 N–H and O–H groups in total. The lowest BCUT2D eigenvalue weighted by Crippen LogP contribution is -2.50. The van der Waals surface area contributed by atoms with Crippen LogP contribution in [0.15, 0.2) is 0 Å². The van der Waals surface area contributed by atoms with Gasteiger partial charge in [-0.05, 0) is 45.9 Å². The Hall–Kier alpha value is -0.650. The van der Waals surface area contributed by atoms with Gasteiger partial charge in [0, 0.05) is 19.1 Å². The SMILES string of the molecule is CCCNC(CN1CCCN(C)CC1CC)C(=O)O. The summed E-state index contributed by atoms with van der Waals surface area (Å²) >= 11 is 0. The van der Waals surface area contributed by atoms with E-state index in [-0.39, 0.29) is 0 Å². The van der Waals surface area contributed by atoms with Crippen molar-refractivity contribution in [2.75, 3.05) is 39.8 Å². The van der Waals surface area contributed by atoms with Crippen LogP contribution in [0, 0.1) is 0 Å². The van der Waals surface area contributed by atoms with Crippen LogP contribution in [-0.2, 0) is 4.79 Å². The van der Waals surface area contributed by atoms with E-state index in [0.717, 1.165) is 45.4 Å². The van der Waals surface area contributed by atoms with Gasteiger partial charge in [-0.2, -0.15) is 0 Å². The summed E-state index contributed by atoms with van der Waals surface area (Å²) in [7, 11) is 2.15. The predicted molar refractivity (Wildman–Crippen MR) is 77.5 cm³/mol. The third kappa shape index (κ3) is 5.47. The normalized spacial score (nSPS) is 24.1. The van der Waals surface area contributed by atoms with Crippen LogP contribution in [-0.4, -0.2) is 72.7 Å². The first-order chi connectivity index (χ1) is 9.08. The van der Waals surface area contributed by atoms with Crippen molar-refractivity contribution in [3.63, 3.8) is 0 Å². The maximum atomic E-state index is 11.3. The molecule has 0 saturated carbocycles. The van der Waals surface area contributed by atoms with Crippen LogP contribution in [0.25, 0.3) is 0 Å². The number of carboxylic acid groups (broad SMARTS) is 1. The molecule has 0 aromatic rings. The number of hydrogen-bond acceptors (Lipinski definition) is 4. The third-order valence-electron chi connectivity index (χ3n) is 3.85. The molecule has 0 spiro atoms. The van der Waals surface area contributed by atoms with Gasteiger partial charge in [0.05, 0.1) is 0 Å². The highest BCUT2D eigenvalue weighted by atomic mass is 16.4. The van der Waals surface area contributed by atoms with Crippen LogP contribution in [0.2, 0.25) is 0 Å². The molecule has 0 aliphatic carbocycles. The molecule has 19 heavy (non-hydrogen) atoms. The van der Waals surface area contributed by atoms with Gasteiger partial charge in [-0.25, -0.2) is 0 Å². The van der Waals surface area contributed by atoms with Gasteiger partial charge in [0.15, 0.2) is 0 Å². The van der Waals surface area contributed by atoms with E-state index in [1.54, 1.807) is 0 Å². The minimum atomic E-state index is -0.735. The number of carbonyl (C=O) groups is 1. The Morgan fingerprint density at radius 3 is 2.74 bits per heavy atom. The van der Waals surface area contributed by atoms with Crippen LogP contribution >= 0.6 is 0 Å². The summed E-state index contributed by atoms with van der Waals surface area (Å²) in [5.74, 6) is -0.735. The zero-order valence-electron chi connectivity index (χ0n) is 12.6. The van der Waals surface area contributed by atoms with Crippen LogP contribution in [0.5, 0.6) is 0 Å². The van der Waals surface area contributed by atoms with Gasteiger partial charge in [0.1, 0.15) is 6.04 Å². The lowest BCUT2D eigenvalue weighted by Gasteiger charge is -2.32. The molecule has 1 aliphatic heterocycles. The zero-order chi connectivity index (χ0) is 14.3. The van der Waals surface area contributed by atoms with E-state index < -0.39 is 12.0 Å². The molecule has 1 heterocycles. The molecular formula is C14H29N3O2. The number of aliphatic carboxylic acids is 1. The Labute approximate surface area is 117 Å². The number of nitrogens with zero attached hydrogens (tertiary/aromatic N) is 2. The highest BCUT2D eigenvalue weighted by Gasteiger charge is 2.27. The van der Waals surface area contributed by atoms with Gasteiger partial charge in [-0.15, -0.1) is 0 Å². The van der Waals surface area contributed by atoms with Crippen LogP contribution in [0.1, 0.15) is 33.1 Å². The minimum absolute atomic E-state index is 0.447. The molecule has 0 aromatic carbocycles. The van der Waals surface area contributed by atoms with E-state index >= 15 is 0 Å². The number of nitrogens with one attached hydrogen (secondary N) is 1. The highest BCUT2D eigenvalue weighted by molar-refractivity contribution is 5.73. The molecule has 5 heteroatoms. The summed E-state index contributed by atoms with van der Waals surface area (Å²) in [6.45, 7) is 8.76. The zero-order valence-corrected chi connectivity index (χ0v) is 12.6. The van der Waals surface area contributed by atoms with Crippen molar-refractivity contribution >= 4 is 5.97 Å². The summed E-state index contributed by atoms with van der Waals surface area (Å²) in [5.41, 5.74) is 0. The quantitative estimate of drug-likeness (QED) is 0.719. The topological polar surface area (TPSA) is 55.8 Å². The number of hydrogen-bond donors (Lipinski definition) is 2. The van der Waals surface area contributed by atoms with E-state index in [2.05, 4.69) is 36.0 Å². The Kier molecular flexibility index (Phi) is 7.34. The second kappa shape index (κ2) is 8.51. The predicted octanol–water partition coefficient (Wildman–Crippen LogP) is 0.855. The average molecular weight is 271 g/mol. The van der Waals surface area contributed by atoms with Gasteiger partial charge in [-0.3, -0.25) is 9.69 Å². The Morgan fingerprint density at radius 2 is 2.16 bits per heavy atom. The first-order valence-corrected chi connectivity index (χ1v) is 7.47. The maximum Gasteiger partial charge on any atom is 0.322 e. The second-order valence-electron chi connectivity index (χ2n) is 5.52. The van der Waals surface area contributed by atoms with Crippen LogP contribution < -0.4 is 5.32 Å². The van der Waals surface area contributed by atoms with Gasteiger partial charge < -0.3 is 15.3 Å². The van der Waals surface area contributed by atoms with Gasteiger partial charge in [0.25, 0.3) is 0 Å². The summed E-state index contributed by atoms with van der Waals surface area (Å²) in [6.07, 6.45) is 3.15. The van der Waals surface area contributed by atoms with E-state index in [9.17, 15) is 9.90 Å². The Morgan fingerprint density at radius 1 is 1.42 bits per heavy atom. The monoisotopic (exact) mass is 271 g/mol. The van der Waals surface area contributed by atoms with E-state index in [0.29, 0.717) is 12.6 Å². The summed E-state index contributed by atoms with van der Waals surface area (Å²) in [4.78, 5) is 16.0. The molecule has 0 bridgehead atoms. The average Bonchev–Trinajstić information content (AvgIpc) is 2.55. The number of carboxylic acids is 1. The van der Waals surface area contributed by atoms with Crippen LogP contribution in [0.3, 0.4) is 0 Å². The molecule has 0 aromatic heterocycles. The molecule has 1 saturated heterocycles. The van der Waals surface area contributed by atoms with Crippen molar-refractivity contribution in [3.05, 3.63) is 0 Å². The standard InChI is InChI=1S/C14H29N3O2/c1-4-7-15-13(14(18)19)11-17-9-6-8-16(3)10-12(17)5-2/h12-13,15H,4-11H2,1-3H3,(H,18,19). The fourth-order valence-corrected chi connectivity index (χ4v) is 2.70. The summed E-state index contributed by atoms with van der Waals surface area (Å²) < 4.78 is 0. The smallest absolute Gasteiger partial charge is 0.322 e. The molecule has 1 fully saturated rings. The Bertz CT molecular complexity index is 273. The second-order valence-corrected chi connectivity index (χ2v) is 5.52. The maximum absolute atomic E-state index is 11.3. The molecular weight excluding hydrogens is 242 g/mol. The molecule has 0 amide bonds. The summed E-state index contributed by atoms with van der Waals surface area (Å²) in [5, 5.41) is 12.4. The van der Waals surface area contributed by atoms with Crippen molar-refractivity contribution in [3.8, 4) is 0 Å². The van der Waals surface area contributed by atoms with Gasteiger partial charge in [0.2, 0.25) is 0 Å². The number of rotatable bonds is 7. The van der Waals surface area contributed by atoms with E-state index in [1.165, 1.54) is 0 Å². The van der Waals surface area contributed by atoms with Gasteiger partial charge >= 0.3 is 5.97 Å². The minimum Gasteiger partial charge on any atom is -0.480 e. The lowest BCUT2D eigenvalue weighted by molar-refractivity contribution is -0.140. The molecule has 0 radical (unpaired) electrons. The van der Waals surface area contributed by atoms with Crippen molar-refractivity contribution in [1.82, 2.24) is 15.1 Å². The first kappa shape index (κ1) is 16.4. The fraction of sp³-hybridized carbons (Fsp3) is 0.929. The first-order valence-electron chi connectivity index (χ1n) is 7.47. The largest absolute Gasteiger partial charge is 0.480 e. The molecule has 5 nitrogen and oxygen atoms in total. The Balaban J connectivity index is 2.61. The van der Waals surface area contributed by atoms with Crippen LogP contribution in [0.4, 0.5) is 0 Å². The molecule has 112 valence electrons. The molecule has 1 aliphatic rings. The van der Waals surface area contributed by atoms with Gasteiger partial charge in [-0.1, -0.05) is 13.8 Å². The summed E-state index contributed by atoms with van der Waals surface area (Å²) in [6, 6.07) is 0.0233. The van der Waals surface area contributed by atoms with E-state index in [1.807, 2.05) is 0 Å². The van der Waals surface area contributed by atoms with Crippen molar-refractivity contribution < 1.29 is 9.90 Å². The van der Waals surface area contributed by atoms with Crippen molar-refractivity contribution in [2.45, 2.75) is 45.2 Å².